The maximum atomic E-state index is 11.7. The van der Waals surface area contributed by atoms with Crippen molar-refractivity contribution in [2.75, 3.05) is 66.1 Å². The van der Waals surface area contributed by atoms with Crippen molar-refractivity contribution >= 4 is 0 Å². The Bertz CT molecular complexity index is 1230. The van der Waals surface area contributed by atoms with Gasteiger partial charge < -0.3 is 103 Å². The summed E-state index contributed by atoms with van der Waals surface area (Å²) >= 11 is 0. The predicted octanol–water partition coefficient (Wildman–Crippen LogP) is -0.603. The third kappa shape index (κ3) is 17.7. The highest BCUT2D eigenvalue weighted by Crippen LogP contribution is 2.33. The van der Waals surface area contributed by atoms with Crippen molar-refractivity contribution < 1.29 is 103 Å². The summed E-state index contributed by atoms with van der Waals surface area (Å²) in [7, 11) is 0. The molecule has 3 fully saturated rings. The van der Waals surface area contributed by atoms with E-state index in [4.69, 9.17) is 56.8 Å². The maximum Gasteiger partial charge on any atom is 0.187 e. The van der Waals surface area contributed by atoms with E-state index in [2.05, 4.69) is 27.4 Å². The molecule has 0 aromatic heterocycles. The van der Waals surface area contributed by atoms with E-state index in [1.165, 1.54) is 6.08 Å². The highest BCUT2D eigenvalue weighted by molar-refractivity contribution is 4.97. The van der Waals surface area contributed by atoms with Crippen molar-refractivity contribution in [2.45, 2.75) is 203 Å². The second-order valence-electron chi connectivity index (χ2n) is 16.6. The predicted molar refractivity (Wildman–Crippen MR) is 229 cm³/mol. The quantitative estimate of drug-likeness (QED) is 0.0221. The summed E-state index contributed by atoms with van der Waals surface area (Å²) in [5, 5.41) is 97.6. The van der Waals surface area contributed by atoms with Gasteiger partial charge in [-0.05, 0) is 32.6 Å². The van der Waals surface area contributed by atoms with Crippen molar-refractivity contribution in [3.05, 3.63) is 12.7 Å². The molecule has 7 unspecified atom stereocenters. The van der Waals surface area contributed by atoms with Gasteiger partial charge in [0.25, 0.3) is 0 Å². The molecular weight excluding hydrogens is 864 g/mol. The molecule has 0 aromatic carbocycles. The van der Waals surface area contributed by atoms with Crippen molar-refractivity contribution in [1.82, 2.24) is 0 Å². The first kappa shape index (κ1) is 58.2. The van der Waals surface area contributed by atoms with E-state index in [0.29, 0.717) is 32.8 Å². The lowest BCUT2D eigenvalue weighted by Gasteiger charge is -2.48. The van der Waals surface area contributed by atoms with Gasteiger partial charge in [0, 0.05) is 26.4 Å². The fourth-order valence-electron chi connectivity index (χ4n) is 7.46. The first-order chi connectivity index (χ1) is 31.3. The molecule has 65 heavy (non-hydrogen) atoms. The Morgan fingerprint density at radius 1 is 0.538 bits per heavy atom. The number of hydrogen-bond acceptors (Lipinski definition) is 21. The third-order valence-corrected chi connectivity index (χ3v) is 11.4. The Balaban J connectivity index is 1.85. The first-order valence-corrected chi connectivity index (χ1v) is 23.5. The van der Waals surface area contributed by atoms with Crippen LogP contribution in [0, 0.1) is 0 Å². The lowest BCUT2D eigenvalue weighted by Crippen LogP contribution is -2.67. The smallest absolute Gasteiger partial charge is 0.187 e. The van der Waals surface area contributed by atoms with Gasteiger partial charge in [0.15, 0.2) is 25.2 Å². The standard InChI is InChI=1S/C44H82O21/c1-7-12-17-54-24-30(38(58-20-15-10-4)26(6)55-18-13-8-2)60-31(56-19-14-9-3)25-59-42-36(52)40(33(49)28(22-46)61-42)64-44-37(53)41(34(50)29(23-47)63-44)65-43-35(51)39(57-16-11-5)32(48)27(21-45)62-43/h11,26-53H,5,7-10,12-25H2,1-4,6H3/t26-,27?,28?,29?,30?,31+,32-,33-,34-,35-,36-,37-,38+,39?,40?,41?,42+,43-,44-/m1/s1. The summed E-state index contributed by atoms with van der Waals surface area (Å²) < 4.78 is 71.9. The fourth-order valence-corrected chi connectivity index (χ4v) is 7.46. The number of unbranched alkanes of at least 4 members (excludes halogenated alkanes) is 4. The van der Waals surface area contributed by atoms with Crippen LogP contribution in [0.4, 0.5) is 0 Å². The number of rotatable bonds is 34. The molecule has 21 nitrogen and oxygen atoms in total. The number of hydrogen-bond donors (Lipinski definition) is 9. The molecule has 3 saturated heterocycles. The zero-order chi connectivity index (χ0) is 47.9. The number of ether oxygens (including phenoxy) is 12. The summed E-state index contributed by atoms with van der Waals surface area (Å²) in [6.45, 7) is 12.9. The fraction of sp³-hybridized carbons (Fsp3) is 0.955. The van der Waals surface area contributed by atoms with E-state index in [1.54, 1.807) is 0 Å². The SMILES string of the molecule is C=CCOC1[C@H](O)C(CO)O[C@H](OC2[C@H](O)C(CO)O[C@H](OC3[C@H](O)C(CO)O[C@H](OC[C@@H](OCCCC)OC(COCCCC)[C@@H](OCCCC)[C@@H](C)OCCCC)[C@@H]3O)[C@@H]2O)[C@@H]1O. The molecule has 0 aliphatic carbocycles. The van der Waals surface area contributed by atoms with Crippen LogP contribution in [0.5, 0.6) is 0 Å². The summed E-state index contributed by atoms with van der Waals surface area (Å²) in [5.74, 6) is 0. The van der Waals surface area contributed by atoms with Crippen molar-refractivity contribution in [3.63, 3.8) is 0 Å². The van der Waals surface area contributed by atoms with Crippen molar-refractivity contribution in [2.24, 2.45) is 0 Å². The van der Waals surface area contributed by atoms with E-state index >= 15 is 0 Å². The molecule has 0 saturated carbocycles. The van der Waals surface area contributed by atoms with Gasteiger partial charge in [-0.2, -0.15) is 0 Å². The molecule has 0 aromatic rings. The zero-order valence-corrected chi connectivity index (χ0v) is 38.9. The second kappa shape index (κ2) is 31.9. The Labute approximate surface area is 383 Å². The monoisotopic (exact) mass is 947 g/mol. The first-order valence-electron chi connectivity index (χ1n) is 23.5. The van der Waals surface area contributed by atoms with E-state index in [9.17, 15) is 46.0 Å². The van der Waals surface area contributed by atoms with E-state index in [1.807, 2.05) is 13.8 Å². The molecule has 3 aliphatic heterocycles. The molecule has 0 radical (unpaired) electrons. The minimum absolute atomic E-state index is 0.0966. The average molecular weight is 947 g/mol. The van der Waals surface area contributed by atoms with Crippen LogP contribution in [0.1, 0.15) is 86.0 Å². The molecule has 21 heteroatoms. The lowest BCUT2D eigenvalue weighted by atomic mass is 9.96. The Kier molecular flexibility index (Phi) is 28.6. The van der Waals surface area contributed by atoms with Gasteiger partial charge in [-0.1, -0.05) is 59.5 Å². The molecule has 0 bridgehead atoms. The topological polar surface area (TPSA) is 293 Å². The minimum atomic E-state index is -1.95. The molecule has 384 valence electrons. The van der Waals surface area contributed by atoms with E-state index in [-0.39, 0.29) is 25.9 Å². The van der Waals surface area contributed by atoms with Crippen LogP contribution in [-0.4, -0.2) is 229 Å². The lowest BCUT2D eigenvalue weighted by molar-refractivity contribution is -0.383. The number of aliphatic hydroxyl groups excluding tert-OH is 9. The molecule has 0 amide bonds. The molecule has 3 heterocycles. The van der Waals surface area contributed by atoms with Crippen LogP contribution >= 0.6 is 0 Å². The molecule has 19 atom stereocenters. The Morgan fingerprint density at radius 2 is 0.985 bits per heavy atom. The second-order valence-corrected chi connectivity index (χ2v) is 16.6. The normalized spacial score (nSPS) is 35.1. The van der Waals surface area contributed by atoms with Crippen molar-refractivity contribution in [3.8, 4) is 0 Å². The van der Waals surface area contributed by atoms with Crippen LogP contribution in [0.2, 0.25) is 0 Å². The summed E-state index contributed by atoms with van der Waals surface area (Å²) in [6.07, 6.45) is -19.0. The third-order valence-electron chi connectivity index (χ3n) is 11.4. The minimum Gasteiger partial charge on any atom is -0.394 e. The summed E-state index contributed by atoms with van der Waals surface area (Å²) in [4.78, 5) is 0. The molecule has 0 spiro atoms. The maximum absolute atomic E-state index is 11.7. The van der Waals surface area contributed by atoms with E-state index in [0.717, 1.165) is 44.9 Å². The Hall–Kier alpha value is -1.10. The van der Waals surface area contributed by atoms with Crippen LogP contribution in [0.25, 0.3) is 0 Å². The van der Waals surface area contributed by atoms with Gasteiger partial charge in [-0.3, -0.25) is 0 Å². The molecule has 9 N–H and O–H groups in total. The highest BCUT2D eigenvalue weighted by atomic mass is 16.8. The van der Waals surface area contributed by atoms with Crippen LogP contribution in [-0.2, 0) is 56.8 Å². The van der Waals surface area contributed by atoms with Gasteiger partial charge in [0.1, 0.15) is 92.1 Å². The van der Waals surface area contributed by atoms with E-state index < -0.39 is 130 Å². The summed E-state index contributed by atoms with van der Waals surface area (Å²) in [5.41, 5.74) is 0. The largest absolute Gasteiger partial charge is 0.394 e. The summed E-state index contributed by atoms with van der Waals surface area (Å²) in [6, 6.07) is 0. The van der Waals surface area contributed by atoms with Gasteiger partial charge in [-0.15, -0.1) is 6.58 Å². The van der Waals surface area contributed by atoms with Gasteiger partial charge in [-0.25, -0.2) is 0 Å². The zero-order valence-electron chi connectivity index (χ0n) is 38.9. The van der Waals surface area contributed by atoms with Crippen LogP contribution in [0.3, 0.4) is 0 Å². The number of aliphatic hydroxyl groups is 9. The van der Waals surface area contributed by atoms with Crippen LogP contribution in [0.15, 0.2) is 12.7 Å². The average Bonchev–Trinajstić information content (AvgIpc) is 3.30. The van der Waals surface area contributed by atoms with Gasteiger partial charge in [0.05, 0.1) is 39.1 Å². The molecule has 3 aliphatic rings. The van der Waals surface area contributed by atoms with Crippen molar-refractivity contribution in [1.29, 1.82) is 0 Å². The van der Waals surface area contributed by atoms with Gasteiger partial charge >= 0.3 is 0 Å². The van der Waals surface area contributed by atoms with Crippen LogP contribution < -0.4 is 0 Å². The highest BCUT2D eigenvalue weighted by Gasteiger charge is 2.54. The van der Waals surface area contributed by atoms with Gasteiger partial charge in [0.2, 0.25) is 0 Å². The molecular formula is C44H82O21. The Morgan fingerprint density at radius 3 is 1.49 bits per heavy atom. The molecule has 3 rings (SSSR count).